The maximum Gasteiger partial charge on any atom is 0.283 e. The Morgan fingerprint density at radius 3 is 2.53 bits per heavy atom. The monoisotopic (exact) mass is 408 g/mol. The van der Waals surface area contributed by atoms with E-state index in [1.54, 1.807) is 13.0 Å². The van der Waals surface area contributed by atoms with Gasteiger partial charge in [0.1, 0.15) is 29.3 Å². The predicted octanol–water partition coefficient (Wildman–Crippen LogP) is 4.17. The molecule has 0 radical (unpaired) electrons. The number of benzene rings is 1. The normalized spacial score (nSPS) is 34.4. The van der Waals surface area contributed by atoms with E-state index in [-0.39, 0.29) is 17.3 Å². The van der Waals surface area contributed by atoms with E-state index in [9.17, 15) is 4.39 Å². The molecule has 1 fully saturated rings. The molecule has 0 amide bonds. The molecule has 1 atom stereocenters. The van der Waals surface area contributed by atoms with Crippen molar-refractivity contribution < 1.29 is 18.6 Å². The Balaban J connectivity index is 1.69. The summed E-state index contributed by atoms with van der Waals surface area (Å²) in [6, 6.07) is 6.21. The average Bonchev–Trinajstić information content (AvgIpc) is 3.03. The van der Waals surface area contributed by atoms with Gasteiger partial charge in [0.2, 0.25) is 0 Å². The summed E-state index contributed by atoms with van der Waals surface area (Å²) in [4.78, 5) is 4.83. The van der Waals surface area contributed by atoms with E-state index in [1.165, 1.54) is 6.08 Å². The Hall–Kier alpha value is -2.86. The summed E-state index contributed by atoms with van der Waals surface area (Å²) in [5.74, 6) is 0.514. The van der Waals surface area contributed by atoms with Gasteiger partial charge in [0.25, 0.3) is 6.02 Å². The van der Waals surface area contributed by atoms with Gasteiger partial charge in [-0.25, -0.2) is 9.38 Å². The predicted molar refractivity (Wildman–Crippen MR) is 114 cm³/mol. The van der Waals surface area contributed by atoms with Crippen LogP contribution >= 0.6 is 0 Å². The molecular formula is C24H25FN2O3. The van der Waals surface area contributed by atoms with Crippen molar-refractivity contribution in [3.63, 3.8) is 0 Å². The second-order valence-electron chi connectivity index (χ2n) is 8.85. The maximum atomic E-state index is 14.1. The van der Waals surface area contributed by atoms with Crippen LogP contribution in [0, 0.1) is 5.41 Å². The molecule has 156 valence electrons. The van der Waals surface area contributed by atoms with Gasteiger partial charge in [0, 0.05) is 5.56 Å². The van der Waals surface area contributed by atoms with Crippen LogP contribution in [0.15, 0.2) is 65.0 Å². The van der Waals surface area contributed by atoms with Gasteiger partial charge >= 0.3 is 0 Å². The van der Waals surface area contributed by atoms with E-state index in [4.69, 9.17) is 24.9 Å². The molecular weight excluding hydrogens is 383 g/mol. The summed E-state index contributed by atoms with van der Waals surface area (Å²) in [6.07, 6.45) is 8.82. The second kappa shape index (κ2) is 6.32. The number of hydrogen-bond donors (Lipinski definition) is 1. The fourth-order valence-corrected chi connectivity index (χ4v) is 4.92. The van der Waals surface area contributed by atoms with Gasteiger partial charge in [-0.15, -0.1) is 0 Å². The maximum absolute atomic E-state index is 14.1. The summed E-state index contributed by atoms with van der Waals surface area (Å²) in [5.41, 5.74) is 7.78. The first-order chi connectivity index (χ1) is 14.3. The Morgan fingerprint density at radius 2 is 1.87 bits per heavy atom. The van der Waals surface area contributed by atoms with Crippen LogP contribution in [0.25, 0.3) is 5.57 Å². The van der Waals surface area contributed by atoms with Crippen LogP contribution in [0.5, 0.6) is 5.75 Å². The summed E-state index contributed by atoms with van der Waals surface area (Å²) in [5, 5.41) is 0. The molecule has 3 heterocycles. The lowest BCUT2D eigenvalue weighted by Gasteiger charge is -2.61. The highest BCUT2D eigenvalue weighted by atomic mass is 19.1. The second-order valence-corrected chi connectivity index (χ2v) is 8.85. The number of aliphatic imine (C=N–C) groups is 1. The fourth-order valence-electron chi connectivity index (χ4n) is 4.92. The lowest BCUT2D eigenvalue weighted by molar-refractivity contribution is -0.247. The number of amidine groups is 1. The molecule has 3 aliphatic heterocycles. The first-order valence-electron chi connectivity index (χ1n) is 10.1. The van der Waals surface area contributed by atoms with E-state index >= 15 is 0 Å². The van der Waals surface area contributed by atoms with Gasteiger partial charge in [0.15, 0.2) is 0 Å². The smallest absolute Gasteiger partial charge is 0.283 e. The minimum Gasteiger partial charge on any atom is -0.487 e. The molecule has 1 unspecified atom stereocenters. The molecule has 1 aromatic rings. The molecule has 1 saturated heterocycles. The van der Waals surface area contributed by atoms with E-state index < -0.39 is 11.1 Å². The van der Waals surface area contributed by atoms with Crippen molar-refractivity contribution in [3.05, 3.63) is 71.1 Å². The van der Waals surface area contributed by atoms with Crippen molar-refractivity contribution in [2.45, 2.75) is 31.9 Å². The van der Waals surface area contributed by atoms with Gasteiger partial charge in [-0.05, 0) is 61.8 Å². The van der Waals surface area contributed by atoms with Gasteiger partial charge in [0.05, 0.1) is 18.6 Å². The molecule has 1 aromatic carbocycles. The summed E-state index contributed by atoms with van der Waals surface area (Å²) >= 11 is 0. The van der Waals surface area contributed by atoms with E-state index in [0.29, 0.717) is 25.4 Å². The molecule has 2 N–H and O–H groups in total. The molecule has 5 rings (SSSR count). The zero-order valence-corrected chi connectivity index (χ0v) is 17.4. The standard InChI is InChI=1S/C24H25FN2O3/c1-15-10-16(6-4-5-7-19(15)25)17-8-9-20-18(11-17)24(14-29-21(26)27-24)23(12-28-13-23)22(2,3)30-20/h4-11H,12-14H2,1-3H3,(H2,26,27)/b5-4+,6-4?,7-5?,15-10-,16-6+,16-10?,19-7-,19-15?. The van der Waals surface area contributed by atoms with Crippen molar-refractivity contribution in [3.8, 4) is 5.75 Å². The minimum absolute atomic E-state index is 0.186. The van der Waals surface area contributed by atoms with Crippen LogP contribution < -0.4 is 10.5 Å². The molecule has 2 spiro atoms. The molecule has 0 aromatic heterocycles. The Morgan fingerprint density at radius 1 is 1.10 bits per heavy atom. The van der Waals surface area contributed by atoms with Gasteiger partial charge in [-0.1, -0.05) is 24.3 Å². The van der Waals surface area contributed by atoms with Crippen LogP contribution in [-0.4, -0.2) is 31.4 Å². The van der Waals surface area contributed by atoms with Crippen molar-refractivity contribution >= 4 is 11.6 Å². The van der Waals surface area contributed by atoms with Crippen molar-refractivity contribution in [1.29, 1.82) is 0 Å². The molecule has 0 saturated carbocycles. The number of hydrogen-bond acceptors (Lipinski definition) is 5. The lowest BCUT2D eigenvalue weighted by atomic mass is 9.55. The van der Waals surface area contributed by atoms with Crippen molar-refractivity contribution in [1.82, 2.24) is 0 Å². The van der Waals surface area contributed by atoms with Crippen LogP contribution in [-0.2, 0) is 15.0 Å². The summed E-state index contributed by atoms with van der Waals surface area (Å²) < 4.78 is 32.0. The quantitative estimate of drug-likeness (QED) is 0.758. The fraction of sp³-hybridized carbons (Fsp3) is 0.375. The highest BCUT2D eigenvalue weighted by Crippen LogP contribution is 2.62. The minimum atomic E-state index is -0.690. The number of fused-ring (bicyclic) bond motifs is 3. The molecule has 4 aliphatic rings. The Bertz CT molecular complexity index is 1080. The summed E-state index contributed by atoms with van der Waals surface area (Å²) in [7, 11) is 0. The zero-order chi connectivity index (χ0) is 21.1. The highest BCUT2D eigenvalue weighted by Gasteiger charge is 2.71. The van der Waals surface area contributed by atoms with Crippen LogP contribution in [0.2, 0.25) is 0 Å². The average molecular weight is 408 g/mol. The van der Waals surface area contributed by atoms with Gasteiger partial charge in [-0.3, -0.25) is 0 Å². The van der Waals surface area contributed by atoms with Crippen LogP contribution in [0.4, 0.5) is 4.39 Å². The molecule has 30 heavy (non-hydrogen) atoms. The number of nitrogens with two attached hydrogens (primary N) is 1. The first kappa shape index (κ1) is 19.1. The highest BCUT2D eigenvalue weighted by molar-refractivity contribution is 5.79. The van der Waals surface area contributed by atoms with E-state index in [0.717, 1.165) is 22.4 Å². The van der Waals surface area contributed by atoms with E-state index in [2.05, 4.69) is 19.9 Å². The topological polar surface area (TPSA) is 66.1 Å². The zero-order valence-electron chi connectivity index (χ0n) is 17.4. The molecule has 6 heteroatoms. The third-order valence-corrected chi connectivity index (χ3v) is 6.87. The van der Waals surface area contributed by atoms with Crippen LogP contribution in [0.3, 0.4) is 0 Å². The largest absolute Gasteiger partial charge is 0.487 e. The SMILES string of the molecule is CC1=C/C(c2ccc3c(c2)C2(COC(N)=N2)C2(COC2)C(C)(C)O3)=C\C=C\C=C\1F. The Kier molecular flexibility index (Phi) is 4.03. The summed E-state index contributed by atoms with van der Waals surface area (Å²) in [6.45, 7) is 7.29. The molecule has 5 nitrogen and oxygen atoms in total. The van der Waals surface area contributed by atoms with Gasteiger partial charge in [-0.2, -0.15) is 0 Å². The number of allylic oxidation sites excluding steroid dienone is 8. The van der Waals surface area contributed by atoms with Crippen molar-refractivity contribution in [2.75, 3.05) is 19.8 Å². The number of nitrogens with zero attached hydrogens (tertiary/aromatic N) is 1. The van der Waals surface area contributed by atoms with Crippen molar-refractivity contribution in [2.24, 2.45) is 16.1 Å². The number of ether oxygens (including phenoxy) is 3. The number of rotatable bonds is 1. The molecule has 0 bridgehead atoms. The number of halogens is 1. The molecule has 1 aliphatic carbocycles. The van der Waals surface area contributed by atoms with Gasteiger partial charge < -0.3 is 19.9 Å². The third kappa shape index (κ3) is 2.46. The third-order valence-electron chi connectivity index (χ3n) is 6.87. The Labute approximate surface area is 175 Å². The van der Waals surface area contributed by atoms with E-state index in [1.807, 2.05) is 30.4 Å². The first-order valence-corrected chi connectivity index (χ1v) is 10.1. The lowest BCUT2D eigenvalue weighted by Crippen LogP contribution is -2.71. The van der Waals surface area contributed by atoms with Crippen LogP contribution in [0.1, 0.15) is 31.9 Å².